The van der Waals surface area contributed by atoms with Crippen LogP contribution in [-0.4, -0.2) is 21.0 Å². The molecule has 0 radical (unpaired) electrons. The van der Waals surface area contributed by atoms with Gasteiger partial charge in [0.15, 0.2) is 0 Å². The van der Waals surface area contributed by atoms with Crippen LogP contribution in [0.5, 0.6) is 0 Å². The van der Waals surface area contributed by atoms with Gasteiger partial charge in [-0.1, -0.05) is 42.5 Å². The van der Waals surface area contributed by atoms with Crippen LogP contribution in [0.4, 0.5) is 0 Å². The summed E-state index contributed by atoms with van der Waals surface area (Å²) >= 11 is 0. The molecule has 4 nitrogen and oxygen atoms in total. The highest BCUT2D eigenvalue weighted by Gasteiger charge is 2.11. The maximum Gasteiger partial charge on any atom is 0.303 e. The summed E-state index contributed by atoms with van der Waals surface area (Å²) in [5, 5.41) is 8.81. The van der Waals surface area contributed by atoms with Crippen molar-refractivity contribution in [1.29, 1.82) is 0 Å². The summed E-state index contributed by atoms with van der Waals surface area (Å²) in [6.45, 7) is 0. The number of rotatable bonds is 6. The second kappa shape index (κ2) is 7.78. The van der Waals surface area contributed by atoms with E-state index in [1.807, 2.05) is 12.1 Å². The molecule has 4 heteroatoms. The zero-order valence-corrected chi connectivity index (χ0v) is 15.4. The fourth-order valence-corrected chi connectivity index (χ4v) is 3.81. The van der Waals surface area contributed by atoms with Crippen LogP contribution < -0.4 is 0 Å². The van der Waals surface area contributed by atoms with Crippen molar-refractivity contribution >= 4 is 22.6 Å². The average Bonchev–Trinajstić information content (AvgIpc) is 3.11. The number of H-pyrrole nitrogens is 1. The third-order valence-electron chi connectivity index (χ3n) is 5.22. The Bertz CT molecular complexity index is 983. The molecule has 0 unspecified atom stereocenters. The van der Waals surface area contributed by atoms with E-state index in [4.69, 9.17) is 10.1 Å². The fourth-order valence-electron chi connectivity index (χ4n) is 3.81. The van der Waals surface area contributed by atoms with E-state index in [1.54, 1.807) is 0 Å². The number of imidazole rings is 1. The number of carbonyl (C=O) groups is 1. The number of para-hydroxylation sites is 1. The smallest absolute Gasteiger partial charge is 0.303 e. The van der Waals surface area contributed by atoms with E-state index in [1.165, 1.54) is 36.8 Å². The molecule has 27 heavy (non-hydrogen) atoms. The largest absolute Gasteiger partial charge is 0.481 e. The lowest BCUT2D eigenvalue weighted by molar-refractivity contribution is -0.137. The van der Waals surface area contributed by atoms with Gasteiger partial charge in [-0.2, -0.15) is 0 Å². The molecule has 0 saturated carbocycles. The van der Waals surface area contributed by atoms with E-state index in [9.17, 15) is 4.79 Å². The molecule has 2 aromatic carbocycles. The second-order valence-electron chi connectivity index (χ2n) is 7.19. The molecule has 0 fully saturated rings. The number of benzene rings is 2. The second-order valence-corrected chi connectivity index (χ2v) is 7.19. The first kappa shape index (κ1) is 17.5. The monoisotopic (exact) mass is 360 g/mol. The number of fused-ring (bicyclic) bond motifs is 1. The average molecular weight is 360 g/mol. The van der Waals surface area contributed by atoms with Gasteiger partial charge in [-0.3, -0.25) is 4.79 Å². The number of nitrogens with zero attached hydrogens (tertiary/aromatic N) is 1. The lowest BCUT2D eigenvalue weighted by atomic mass is 9.92. The van der Waals surface area contributed by atoms with Crippen LogP contribution in [0, 0.1) is 0 Å². The number of aliphatic carboxylic acids is 1. The van der Waals surface area contributed by atoms with Gasteiger partial charge in [0.1, 0.15) is 5.82 Å². The molecule has 3 aromatic rings. The Kier molecular flexibility index (Phi) is 5.05. The Hall–Kier alpha value is -2.88. The Balaban J connectivity index is 1.60. The SMILES string of the molecule is O=C(O)CCCc1nc2c(-c3ccc(C4=CCCCC4)cc3)cccc2[nH]1. The van der Waals surface area contributed by atoms with Gasteiger partial charge in [-0.05, 0) is 54.9 Å². The van der Waals surface area contributed by atoms with E-state index in [0.717, 1.165) is 28.0 Å². The van der Waals surface area contributed by atoms with Crippen molar-refractivity contribution in [2.75, 3.05) is 0 Å². The van der Waals surface area contributed by atoms with E-state index in [0.29, 0.717) is 12.8 Å². The van der Waals surface area contributed by atoms with Gasteiger partial charge in [0.05, 0.1) is 11.0 Å². The Morgan fingerprint density at radius 2 is 1.89 bits per heavy atom. The van der Waals surface area contributed by atoms with E-state index in [-0.39, 0.29) is 6.42 Å². The molecule has 4 rings (SSSR count). The van der Waals surface area contributed by atoms with Gasteiger partial charge in [0.2, 0.25) is 0 Å². The first-order valence-electron chi connectivity index (χ1n) is 9.70. The molecule has 0 bridgehead atoms. The molecule has 0 atom stereocenters. The van der Waals surface area contributed by atoms with Crippen molar-refractivity contribution in [3.63, 3.8) is 0 Å². The molecule has 0 aliphatic heterocycles. The van der Waals surface area contributed by atoms with Crippen LogP contribution in [0.15, 0.2) is 48.5 Å². The van der Waals surface area contributed by atoms with Gasteiger partial charge in [-0.15, -0.1) is 0 Å². The van der Waals surface area contributed by atoms with Crippen molar-refractivity contribution in [2.24, 2.45) is 0 Å². The number of allylic oxidation sites excluding steroid dienone is 2. The van der Waals surface area contributed by atoms with Crippen molar-refractivity contribution < 1.29 is 9.90 Å². The summed E-state index contributed by atoms with van der Waals surface area (Å²) in [4.78, 5) is 18.8. The number of carboxylic acid groups (broad SMARTS) is 1. The molecule has 1 aliphatic carbocycles. The molecule has 1 aromatic heterocycles. The van der Waals surface area contributed by atoms with Crippen molar-refractivity contribution in [2.45, 2.75) is 44.9 Å². The lowest BCUT2D eigenvalue weighted by Crippen LogP contribution is -1.96. The first-order valence-corrected chi connectivity index (χ1v) is 9.70. The molecular weight excluding hydrogens is 336 g/mol. The molecule has 138 valence electrons. The first-order chi connectivity index (χ1) is 13.2. The van der Waals surface area contributed by atoms with Crippen LogP contribution in [0.25, 0.3) is 27.7 Å². The molecule has 2 N–H and O–H groups in total. The summed E-state index contributed by atoms with van der Waals surface area (Å²) < 4.78 is 0. The third kappa shape index (κ3) is 3.95. The van der Waals surface area contributed by atoms with Crippen LogP contribution >= 0.6 is 0 Å². The van der Waals surface area contributed by atoms with Gasteiger partial charge in [0, 0.05) is 18.4 Å². The molecular formula is C23H24N2O2. The van der Waals surface area contributed by atoms with Crippen molar-refractivity contribution in [3.8, 4) is 11.1 Å². The Morgan fingerprint density at radius 1 is 1.07 bits per heavy atom. The molecule has 1 aliphatic rings. The van der Waals surface area contributed by atoms with Crippen molar-refractivity contribution in [3.05, 3.63) is 59.9 Å². The summed E-state index contributed by atoms with van der Waals surface area (Å²) in [6, 6.07) is 14.9. The van der Waals surface area contributed by atoms with Gasteiger partial charge < -0.3 is 10.1 Å². The highest BCUT2D eigenvalue weighted by molar-refractivity contribution is 5.92. The molecule has 1 heterocycles. The van der Waals surface area contributed by atoms with Gasteiger partial charge >= 0.3 is 5.97 Å². The predicted molar refractivity (Wildman–Crippen MR) is 109 cm³/mol. The maximum absolute atomic E-state index is 10.7. The standard InChI is InChI=1S/C23H24N2O2/c26-22(27)11-5-10-21-24-20-9-4-8-19(23(20)25-21)18-14-12-17(13-15-18)16-6-2-1-3-7-16/h4,6,8-9,12-15H,1-3,5,7,10-11H2,(H,24,25)(H,26,27). The Morgan fingerprint density at radius 3 is 2.63 bits per heavy atom. The summed E-state index contributed by atoms with van der Waals surface area (Å²) in [5.74, 6) is 0.0858. The number of aryl methyl sites for hydroxylation is 1. The molecule has 0 spiro atoms. The number of nitrogens with one attached hydrogen (secondary N) is 1. The number of hydrogen-bond donors (Lipinski definition) is 2. The number of hydrogen-bond acceptors (Lipinski definition) is 2. The number of aromatic nitrogens is 2. The minimum atomic E-state index is -0.764. The highest BCUT2D eigenvalue weighted by Crippen LogP contribution is 2.31. The summed E-state index contributed by atoms with van der Waals surface area (Å²) in [7, 11) is 0. The van der Waals surface area contributed by atoms with E-state index >= 15 is 0 Å². The van der Waals surface area contributed by atoms with Gasteiger partial charge in [0.25, 0.3) is 0 Å². The molecule has 0 amide bonds. The maximum atomic E-state index is 10.7. The zero-order chi connectivity index (χ0) is 18.6. The summed E-state index contributed by atoms with van der Waals surface area (Å²) in [6.07, 6.45) is 8.73. The highest BCUT2D eigenvalue weighted by atomic mass is 16.4. The Labute approximate surface area is 159 Å². The summed E-state index contributed by atoms with van der Waals surface area (Å²) in [5.41, 5.74) is 7.00. The minimum Gasteiger partial charge on any atom is -0.481 e. The van der Waals surface area contributed by atoms with E-state index < -0.39 is 5.97 Å². The lowest BCUT2D eigenvalue weighted by Gasteiger charge is -2.13. The van der Waals surface area contributed by atoms with E-state index in [2.05, 4.69) is 41.4 Å². The predicted octanol–water partition coefficient (Wildman–Crippen LogP) is 5.59. The van der Waals surface area contributed by atoms with Crippen LogP contribution in [0.1, 0.15) is 49.9 Å². The zero-order valence-electron chi connectivity index (χ0n) is 15.4. The topological polar surface area (TPSA) is 66.0 Å². The van der Waals surface area contributed by atoms with Crippen LogP contribution in [-0.2, 0) is 11.2 Å². The normalized spacial score (nSPS) is 14.3. The quantitative estimate of drug-likeness (QED) is 0.602. The fraction of sp³-hybridized carbons (Fsp3) is 0.304. The van der Waals surface area contributed by atoms with Gasteiger partial charge in [-0.25, -0.2) is 4.98 Å². The third-order valence-corrected chi connectivity index (χ3v) is 5.22. The van der Waals surface area contributed by atoms with Crippen molar-refractivity contribution in [1.82, 2.24) is 9.97 Å². The number of carboxylic acids is 1. The number of aromatic amines is 1. The minimum absolute atomic E-state index is 0.168. The van der Waals surface area contributed by atoms with Crippen LogP contribution in [0.3, 0.4) is 0 Å². The molecule has 0 saturated heterocycles. The van der Waals surface area contributed by atoms with Crippen LogP contribution in [0.2, 0.25) is 0 Å².